The number of aryl methyl sites for hydroxylation is 1. The third-order valence-electron chi connectivity index (χ3n) is 3.77. The van der Waals surface area contributed by atoms with Crippen LogP contribution in [0.25, 0.3) is 10.9 Å². The summed E-state index contributed by atoms with van der Waals surface area (Å²) in [7, 11) is 1.67. The van der Waals surface area contributed by atoms with Crippen LogP contribution in [-0.4, -0.2) is 23.0 Å². The molecule has 3 rings (SSSR count). The molecule has 2 aromatic rings. The summed E-state index contributed by atoms with van der Waals surface area (Å²) in [5.74, 6) is 1.14. The quantitative estimate of drug-likeness (QED) is 0.598. The highest BCUT2D eigenvalue weighted by Crippen LogP contribution is 2.33. The third-order valence-corrected chi connectivity index (χ3v) is 3.77. The van der Waals surface area contributed by atoms with Gasteiger partial charge >= 0.3 is 0 Å². The van der Waals surface area contributed by atoms with Crippen LogP contribution in [0.5, 0.6) is 5.75 Å². The lowest BCUT2D eigenvalue weighted by molar-refractivity contribution is 0.314. The number of H-pyrrole nitrogens is 1. The minimum atomic E-state index is 0.289. The van der Waals surface area contributed by atoms with Gasteiger partial charge in [-0.05, 0) is 36.6 Å². The molecule has 0 radical (unpaired) electrons. The molecular weight excluding hydrogens is 228 g/mol. The minimum absolute atomic E-state index is 0.289. The summed E-state index contributed by atoms with van der Waals surface area (Å²) in [5, 5.41) is 13.8. The molecule has 1 aliphatic rings. The van der Waals surface area contributed by atoms with Gasteiger partial charge in [0.2, 0.25) is 0 Å². The Morgan fingerprint density at radius 1 is 1.44 bits per heavy atom. The van der Waals surface area contributed by atoms with E-state index in [1.807, 2.05) is 18.2 Å². The maximum Gasteiger partial charge on any atom is 0.119 e. The van der Waals surface area contributed by atoms with Crippen molar-refractivity contribution in [1.29, 1.82) is 0 Å². The van der Waals surface area contributed by atoms with Crippen molar-refractivity contribution in [1.82, 2.24) is 4.98 Å². The molecule has 1 aromatic carbocycles. The van der Waals surface area contributed by atoms with Crippen molar-refractivity contribution < 1.29 is 9.94 Å². The van der Waals surface area contributed by atoms with Crippen molar-refractivity contribution in [3.8, 4) is 5.75 Å². The number of fused-ring (bicyclic) bond motifs is 3. The number of methoxy groups -OCH3 is 1. The van der Waals surface area contributed by atoms with Gasteiger partial charge < -0.3 is 14.9 Å². The molecule has 18 heavy (non-hydrogen) atoms. The average Bonchev–Trinajstić information content (AvgIpc) is 2.76. The summed E-state index contributed by atoms with van der Waals surface area (Å²) in [4.78, 5) is 3.35. The second-order valence-electron chi connectivity index (χ2n) is 4.82. The molecule has 4 heteroatoms. The van der Waals surface area contributed by atoms with E-state index in [9.17, 15) is 5.21 Å². The van der Waals surface area contributed by atoms with Gasteiger partial charge in [-0.3, -0.25) is 0 Å². The average molecular weight is 244 g/mol. The van der Waals surface area contributed by atoms with Crippen LogP contribution in [0.15, 0.2) is 23.4 Å². The van der Waals surface area contributed by atoms with E-state index in [0.29, 0.717) is 0 Å². The zero-order valence-electron chi connectivity index (χ0n) is 10.5. The monoisotopic (exact) mass is 244 g/mol. The number of hydrogen-bond acceptors (Lipinski definition) is 3. The Hall–Kier alpha value is -1.97. The fourth-order valence-corrected chi connectivity index (χ4v) is 2.72. The maximum atomic E-state index is 9.18. The summed E-state index contributed by atoms with van der Waals surface area (Å²) < 4.78 is 5.26. The van der Waals surface area contributed by atoms with Crippen LogP contribution in [0.2, 0.25) is 0 Å². The number of ether oxygens (including phenoxy) is 1. The smallest absolute Gasteiger partial charge is 0.119 e. The standard InChI is InChI=1S/C14H16N2O2/c1-8-3-5-10-11-7-9(18-2)4-6-12(11)15-14(10)13(8)16-17/h4,6-8,15,17H,3,5H2,1-2H3/b16-13-. The highest BCUT2D eigenvalue weighted by molar-refractivity contribution is 6.07. The van der Waals surface area contributed by atoms with Gasteiger partial charge in [-0.25, -0.2) is 0 Å². The molecule has 0 saturated heterocycles. The van der Waals surface area contributed by atoms with Crippen LogP contribution in [0.3, 0.4) is 0 Å². The molecule has 1 aliphatic carbocycles. The van der Waals surface area contributed by atoms with E-state index in [2.05, 4.69) is 17.1 Å². The molecule has 1 atom stereocenters. The first-order valence-corrected chi connectivity index (χ1v) is 6.15. The number of nitrogens with zero attached hydrogens (tertiary/aromatic N) is 1. The molecule has 2 N–H and O–H groups in total. The Kier molecular flexibility index (Phi) is 2.51. The number of aromatic amines is 1. The maximum absolute atomic E-state index is 9.18. The summed E-state index contributed by atoms with van der Waals surface area (Å²) in [5.41, 5.74) is 4.02. The molecule has 0 amide bonds. The van der Waals surface area contributed by atoms with Gasteiger partial charge in [0.25, 0.3) is 0 Å². The van der Waals surface area contributed by atoms with Crippen molar-refractivity contribution in [2.45, 2.75) is 19.8 Å². The van der Waals surface area contributed by atoms with Crippen LogP contribution in [0.4, 0.5) is 0 Å². The van der Waals surface area contributed by atoms with Crippen LogP contribution >= 0.6 is 0 Å². The van der Waals surface area contributed by atoms with Crippen LogP contribution < -0.4 is 4.74 Å². The van der Waals surface area contributed by atoms with E-state index in [-0.39, 0.29) is 5.92 Å². The number of nitrogens with one attached hydrogen (secondary N) is 1. The van der Waals surface area contributed by atoms with Gasteiger partial charge in [0.05, 0.1) is 12.8 Å². The Balaban J connectivity index is 2.25. The van der Waals surface area contributed by atoms with E-state index in [0.717, 1.165) is 40.9 Å². The van der Waals surface area contributed by atoms with Crippen molar-refractivity contribution in [2.24, 2.45) is 11.1 Å². The number of rotatable bonds is 1. The van der Waals surface area contributed by atoms with E-state index >= 15 is 0 Å². The van der Waals surface area contributed by atoms with E-state index in [4.69, 9.17) is 4.74 Å². The molecule has 0 spiro atoms. The zero-order valence-corrected chi connectivity index (χ0v) is 10.5. The predicted octanol–water partition coefficient (Wildman–Crippen LogP) is 2.94. The number of hydrogen-bond donors (Lipinski definition) is 2. The lowest BCUT2D eigenvalue weighted by Gasteiger charge is -2.19. The lowest BCUT2D eigenvalue weighted by atomic mass is 9.86. The highest BCUT2D eigenvalue weighted by Gasteiger charge is 2.26. The van der Waals surface area contributed by atoms with Gasteiger partial charge in [0.15, 0.2) is 0 Å². The Bertz CT molecular complexity index is 628. The topological polar surface area (TPSA) is 57.6 Å². The van der Waals surface area contributed by atoms with E-state index < -0.39 is 0 Å². The predicted molar refractivity (Wildman–Crippen MR) is 70.7 cm³/mol. The summed E-state index contributed by atoms with van der Waals surface area (Å²) in [6, 6.07) is 5.98. The summed E-state index contributed by atoms with van der Waals surface area (Å²) in [6.45, 7) is 2.09. The molecule has 0 saturated carbocycles. The first-order valence-electron chi connectivity index (χ1n) is 6.15. The fraction of sp³-hybridized carbons (Fsp3) is 0.357. The lowest BCUT2D eigenvalue weighted by Crippen LogP contribution is -2.20. The van der Waals surface area contributed by atoms with E-state index in [1.165, 1.54) is 5.56 Å². The first kappa shape index (κ1) is 11.1. The van der Waals surface area contributed by atoms with Crippen LogP contribution in [-0.2, 0) is 6.42 Å². The molecule has 0 aliphatic heterocycles. The molecule has 1 aromatic heterocycles. The fourth-order valence-electron chi connectivity index (χ4n) is 2.72. The van der Waals surface area contributed by atoms with Crippen molar-refractivity contribution in [2.75, 3.05) is 7.11 Å². The van der Waals surface area contributed by atoms with E-state index in [1.54, 1.807) is 7.11 Å². The molecule has 1 heterocycles. The van der Waals surface area contributed by atoms with Crippen LogP contribution in [0, 0.1) is 5.92 Å². The first-order chi connectivity index (χ1) is 8.74. The van der Waals surface area contributed by atoms with Gasteiger partial charge in [-0.1, -0.05) is 12.1 Å². The normalized spacial score (nSPS) is 21.2. The molecule has 94 valence electrons. The SMILES string of the molecule is COc1ccc2[nH]c3c(c2c1)CCC(C)/C3=N/O. The summed E-state index contributed by atoms with van der Waals surface area (Å²) >= 11 is 0. The van der Waals surface area contributed by atoms with Gasteiger partial charge in [-0.2, -0.15) is 0 Å². The number of benzene rings is 1. The number of aromatic nitrogens is 1. The van der Waals surface area contributed by atoms with Gasteiger partial charge in [0, 0.05) is 16.8 Å². The largest absolute Gasteiger partial charge is 0.497 e. The molecule has 0 bridgehead atoms. The highest BCUT2D eigenvalue weighted by atomic mass is 16.5. The van der Waals surface area contributed by atoms with Gasteiger partial charge in [-0.15, -0.1) is 0 Å². The Labute approximate surface area is 105 Å². The minimum Gasteiger partial charge on any atom is -0.497 e. The molecular formula is C14H16N2O2. The van der Waals surface area contributed by atoms with Gasteiger partial charge in [0.1, 0.15) is 11.5 Å². The molecule has 1 unspecified atom stereocenters. The zero-order chi connectivity index (χ0) is 12.7. The van der Waals surface area contributed by atoms with Crippen LogP contribution in [0.1, 0.15) is 24.6 Å². The summed E-state index contributed by atoms with van der Waals surface area (Å²) in [6.07, 6.45) is 2.01. The Morgan fingerprint density at radius 2 is 2.28 bits per heavy atom. The Morgan fingerprint density at radius 3 is 3.00 bits per heavy atom. The van der Waals surface area contributed by atoms with Crippen molar-refractivity contribution >= 4 is 16.6 Å². The van der Waals surface area contributed by atoms with Crippen molar-refractivity contribution in [3.63, 3.8) is 0 Å². The molecule has 0 fully saturated rings. The second kappa shape index (κ2) is 4.05. The second-order valence-corrected chi connectivity index (χ2v) is 4.82. The van der Waals surface area contributed by atoms with Crippen molar-refractivity contribution in [3.05, 3.63) is 29.5 Å². The third kappa shape index (κ3) is 1.49. The molecule has 4 nitrogen and oxygen atoms in total. The number of oxime groups is 1.